The summed E-state index contributed by atoms with van der Waals surface area (Å²) in [5.74, 6) is 0. The number of aryl methyl sites for hydroxylation is 2. The van der Waals surface area contributed by atoms with Gasteiger partial charge in [0.2, 0.25) is 0 Å². The summed E-state index contributed by atoms with van der Waals surface area (Å²) in [5.41, 5.74) is 4.81. The van der Waals surface area contributed by atoms with Gasteiger partial charge >= 0.3 is 0 Å². The van der Waals surface area contributed by atoms with Gasteiger partial charge in [-0.25, -0.2) is 0 Å². The quantitative estimate of drug-likeness (QED) is 0.836. The average Bonchev–Trinajstić information content (AvgIpc) is 3.01. The summed E-state index contributed by atoms with van der Waals surface area (Å²) in [4.78, 5) is 0. The van der Waals surface area contributed by atoms with Crippen LogP contribution in [0, 0.1) is 12.3 Å². The number of hydrogen-bond donors (Lipinski definition) is 2. The summed E-state index contributed by atoms with van der Waals surface area (Å²) in [6.07, 6.45) is 5.98. The topological polar surface area (TPSA) is 32.3 Å². The second-order valence-electron chi connectivity index (χ2n) is 6.15. The fourth-order valence-corrected chi connectivity index (χ4v) is 3.20. The molecule has 1 aromatic carbocycles. The van der Waals surface area contributed by atoms with Gasteiger partial charge in [-0.3, -0.25) is 0 Å². The molecule has 0 radical (unpaired) electrons. The van der Waals surface area contributed by atoms with E-state index >= 15 is 0 Å². The molecule has 1 unspecified atom stereocenters. The standard InChI is InChI=1S/C16H23NO/c1-12-2-3-13-4-5-15(14(13)10-12)17-11-16(6-7-16)8-9-18/h2-3,10,15,17-18H,4-9,11H2,1H3. The van der Waals surface area contributed by atoms with Crippen LogP contribution in [0.2, 0.25) is 0 Å². The lowest BCUT2D eigenvalue weighted by Gasteiger charge is -2.20. The second kappa shape index (κ2) is 4.67. The van der Waals surface area contributed by atoms with Crippen LogP contribution in [0.3, 0.4) is 0 Å². The lowest BCUT2D eigenvalue weighted by molar-refractivity contribution is 0.242. The smallest absolute Gasteiger partial charge is 0.0436 e. The molecule has 98 valence electrons. The summed E-state index contributed by atoms with van der Waals surface area (Å²) in [6.45, 7) is 3.58. The zero-order valence-corrected chi connectivity index (χ0v) is 11.2. The van der Waals surface area contributed by atoms with Crippen LogP contribution in [-0.4, -0.2) is 18.3 Å². The molecule has 2 N–H and O–H groups in total. The van der Waals surface area contributed by atoms with Crippen molar-refractivity contribution in [2.45, 2.75) is 45.1 Å². The Morgan fingerprint density at radius 2 is 2.22 bits per heavy atom. The van der Waals surface area contributed by atoms with E-state index in [4.69, 9.17) is 5.11 Å². The predicted octanol–water partition coefficient (Wildman–Crippen LogP) is 2.73. The number of benzene rings is 1. The molecular weight excluding hydrogens is 222 g/mol. The molecule has 0 bridgehead atoms. The van der Waals surface area contributed by atoms with Crippen molar-refractivity contribution in [1.82, 2.24) is 5.32 Å². The van der Waals surface area contributed by atoms with E-state index in [1.165, 1.54) is 42.4 Å². The predicted molar refractivity (Wildman–Crippen MR) is 73.6 cm³/mol. The number of rotatable bonds is 5. The third-order valence-corrected chi connectivity index (χ3v) is 4.70. The van der Waals surface area contributed by atoms with Gasteiger partial charge in [-0.2, -0.15) is 0 Å². The SMILES string of the molecule is Cc1ccc2c(c1)C(NCC1(CCO)CC1)CC2. The third-order valence-electron chi connectivity index (χ3n) is 4.70. The maximum Gasteiger partial charge on any atom is 0.0436 e. The lowest BCUT2D eigenvalue weighted by Crippen LogP contribution is -2.27. The van der Waals surface area contributed by atoms with Crippen LogP contribution >= 0.6 is 0 Å². The largest absolute Gasteiger partial charge is 0.396 e. The number of fused-ring (bicyclic) bond motifs is 1. The first-order valence-corrected chi connectivity index (χ1v) is 7.16. The van der Waals surface area contributed by atoms with E-state index in [0.717, 1.165) is 13.0 Å². The molecule has 2 nitrogen and oxygen atoms in total. The maximum atomic E-state index is 9.10. The molecule has 0 amide bonds. The van der Waals surface area contributed by atoms with E-state index in [-0.39, 0.29) is 0 Å². The number of aliphatic hydroxyl groups is 1. The van der Waals surface area contributed by atoms with Crippen LogP contribution in [0.15, 0.2) is 18.2 Å². The van der Waals surface area contributed by atoms with Crippen molar-refractivity contribution < 1.29 is 5.11 Å². The van der Waals surface area contributed by atoms with Crippen molar-refractivity contribution in [3.05, 3.63) is 34.9 Å². The lowest BCUT2D eigenvalue weighted by atomic mass is 10.0. The maximum absolute atomic E-state index is 9.10. The Morgan fingerprint density at radius 1 is 1.39 bits per heavy atom. The van der Waals surface area contributed by atoms with Gasteiger partial charge < -0.3 is 10.4 Å². The van der Waals surface area contributed by atoms with Crippen molar-refractivity contribution in [2.24, 2.45) is 5.41 Å². The Balaban J connectivity index is 1.64. The van der Waals surface area contributed by atoms with Gasteiger partial charge in [0, 0.05) is 19.2 Å². The Hall–Kier alpha value is -0.860. The highest BCUT2D eigenvalue weighted by Crippen LogP contribution is 2.48. The van der Waals surface area contributed by atoms with E-state index in [1.807, 2.05) is 0 Å². The normalized spacial score (nSPS) is 24.0. The summed E-state index contributed by atoms with van der Waals surface area (Å²) < 4.78 is 0. The zero-order chi connectivity index (χ0) is 12.6. The first-order chi connectivity index (χ1) is 8.72. The molecule has 0 spiro atoms. The van der Waals surface area contributed by atoms with Crippen LogP contribution in [0.4, 0.5) is 0 Å². The van der Waals surface area contributed by atoms with Gasteiger partial charge in [-0.05, 0) is 55.6 Å². The number of hydrogen-bond acceptors (Lipinski definition) is 2. The Kier molecular flexibility index (Phi) is 3.16. The molecule has 18 heavy (non-hydrogen) atoms. The van der Waals surface area contributed by atoms with E-state index in [9.17, 15) is 0 Å². The van der Waals surface area contributed by atoms with Crippen molar-refractivity contribution >= 4 is 0 Å². The van der Waals surface area contributed by atoms with Crippen LogP contribution in [0.1, 0.15) is 48.4 Å². The van der Waals surface area contributed by atoms with Gasteiger partial charge in [0.05, 0.1) is 0 Å². The first kappa shape index (κ1) is 12.2. The van der Waals surface area contributed by atoms with E-state index in [2.05, 4.69) is 30.4 Å². The molecule has 0 aromatic heterocycles. The van der Waals surface area contributed by atoms with Crippen LogP contribution in [-0.2, 0) is 6.42 Å². The number of aliphatic hydroxyl groups excluding tert-OH is 1. The average molecular weight is 245 g/mol. The van der Waals surface area contributed by atoms with E-state index < -0.39 is 0 Å². The van der Waals surface area contributed by atoms with Gasteiger partial charge in [0.25, 0.3) is 0 Å². The molecule has 0 heterocycles. The van der Waals surface area contributed by atoms with Gasteiger partial charge in [-0.15, -0.1) is 0 Å². The summed E-state index contributed by atoms with van der Waals surface area (Å²) in [6, 6.07) is 7.38. The molecule has 2 heteroatoms. The Morgan fingerprint density at radius 3 is 2.94 bits per heavy atom. The molecule has 1 fully saturated rings. The Labute approximate surface area is 109 Å². The summed E-state index contributed by atoms with van der Waals surface area (Å²) >= 11 is 0. The highest BCUT2D eigenvalue weighted by atomic mass is 16.3. The molecule has 1 atom stereocenters. The fourth-order valence-electron chi connectivity index (χ4n) is 3.20. The summed E-state index contributed by atoms with van der Waals surface area (Å²) in [5, 5.41) is 12.8. The highest BCUT2D eigenvalue weighted by Gasteiger charge is 2.42. The van der Waals surface area contributed by atoms with Crippen molar-refractivity contribution in [2.75, 3.05) is 13.2 Å². The first-order valence-electron chi connectivity index (χ1n) is 7.16. The molecule has 1 saturated carbocycles. The van der Waals surface area contributed by atoms with E-state index in [1.54, 1.807) is 0 Å². The molecule has 2 aliphatic carbocycles. The molecule has 1 aromatic rings. The van der Waals surface area contributed by atoms with Crippen molar-refractivity contribution in [3.8, 4) is 0 Å². The van der Waals surface area contributed by atoms with Crippen LogP contribution < -0.4 is 5.32 Å². The molecule has 0 saturated heterocycles. The highest BCUT2D eigenvalue weighted by molar-refractivity contribution is 5.37. The van der Waals surface area contributed by atoms with E-state index in [0.29, 0.717) is 18.1 Å². The fraction of sp³-hybridized carbons (Fsp3) is 0.625. The molecule has 3 rings (SSSR count). The molecular formula is C16H23NO. The van der Waals surface area contributed by atoms with Crippen LogP contribution in [0.5, 0.6) is 0 Å². The van der Waals surface area contributed by atoms with Crippen molar-refractivity contribution in [1.29, 1.82) is 0 Å². The van der Waals surface area contributed by atoms with Gasteiger partial charge in [-0.1, -0.05) is 23.8 Å². The van der Waals surface area contributed by atoms with Crippen molar-refractivity contribution in [3.63, 3.8) is 0 Å². The second-order valence-corrected chi connectivity index (χ2v) is 6.15. The molecule has 2 aliphatic rings. The van der Waals surface area contributed by atoms with Gasteiger partial charge in [0.1, 0.15) is 0 Å². The zero-order valence-electron chi connectivity index (χ0n) is 11.2. The third kappa shape index (κ3) is 2.32. The van der Waals surface area contributed by atoms with Gasteiger partial charge in [0.15, 0.2) is 0 Å². The minimum absolute atomic E-state index is 0.335. The minimum atomic E-state index is 0.335. The van der Waals surface area contributed by atoms with Crippen LogP contribution in [0.25, 0.3) is 0 Å². The number of nitrogens with one attached hydrogen (secondary N) is 1. The minimum Gasteiger partial charge on any atom is -0.396 e. The monoisotopic (exact) mass is 245 g/mol. The molecule has 0 aliphatic heterocycles. The summed E-state index contributed by atoms with van der Waals surface area (Å²) in [7, 11) is 0. The Bertz CT molecular complexity index is 437.